The molecule has 0 heterocycles. The first kappa shape index (κ1) is 14.8. The summed E-state index contributed by atoms with van der Waals surface area (Å²) in [4.78, 5) is 11.5. The quantitative estimate of drug-likeness (QED) is 0.731. The maximum Gasteiger partial charge on any atom is 0.239 e. The normalized spacial score (nSPS) is 10.4. The van der Waals surface area contributed by atoms with Crippen molar-refractivity contribution in [1.29, 1.82) is 0 Å². The number of rotatable bonds is 5. The standard InChI is InChI=1S/C12H16BrIN2O/c1-8(2)6-16-12(17)7-15-11-5-9(14)3-4-10(11)13/h3-5,8,15H,6-7H2,1-2H3,(H,16,17). The molecule has 0 saturated carbocycles. The van der Waals surface area contributed by atoms with Crippen LogP contribution < -0.4 is 10.6 Å². The molecule has 0 spiro atoms. The Kier molecular flexibility index (Phi) is 6.26. The fraction of sp³-hybridized carbons (Fsp3) is 0.417. The van der Waals surface area contributed by atoms with Crippen LogP contribution in [-0.2, 0) is 4.79 Å². The summed E-state index contributed by atoms with van der Waals surface area (Å²) in [6, 6.07) is 5.98. The third-order valence-corrected chi connectivity index (χ3v) is 3.44. The highest BCUT2D eigenvalue weighted by atomic mass is 127. The molecule has 0 aromatic heterocycles. The van der Waals surface area contributed by atoms with Crippen LogP contribution in [0.3, 0.4) is 0 Å². The molecule has 94 valence electrons. The number of hydrogen-bond donors (Lipinski definition) is 2. The largest absolute Gasteiger partial charge is 0.375 e. The summed E-state index contributed by atoms with van der Waals surface area (Å²) in [7, 11) is 0. The van der Waals surface area contributed by atoms with E-state index in [1.807, 2.05) is 18.2 Å². The summed E-state index contributed by atoms with van der Waals surface area (Å²) in [6.07, 6.45) is 0. The Balaban J connectivity index is 2.44. The number of carbonyl (C=O) groups is 1. The van der Waals surface area contributed by atoms with Crippen LogP contribution in [0.4, 0.5) is 5.69 Å². The molecule has 5 heteroatoms. The van der Waals surface area contributed by atoms with Gasteiger partial charge in [-0.05, 0) is 62.6 Å². The molecule has 1 aromatic rings. The zero-order valence-electron chi connectivity index (χ0n) is 9.89. The van der Waals surface area contributed by atoms with Crippen LogP contribution in [-0.4, -0.2) is 19.0 Å². The summed E-state index contributed by atoms with van der Waals surface area (Å²) in [5.41, 5.74) is 0.941. The third-order valence-electron chi connectivity index (χ3n) is 2.08. The van der Waals surface area contributed by atoms with E-state index in [1.165, 1.54) is 0 Å². The average Bonchev–Trinajstić information content (AvgIpc) is 2.27. The van der Waals surface area contributed by atoms with Crippen LogP contribution in [0.15, 0.2) is 22.7 Å². The zero-order valence-corrected chi connectivity index (χ0v) is 13.6. The summed E-state index contributed by atoms with van der Waals surface area (Å²) in [5, 5.41) is 5.98. The minimum absolute atomic E-state index is 0.0180. The van der Waals surface area contributed by atoms with E-state index in [1.54, 1.807) is 0 Å². The lowest BCUT2D eigenvalue weighted by Crippen LogP contribution is -2.32. The molecule has 17 heavy (non-hydrogen) atoms. The van der Waals surface area contributed by atoms with Crippen molar-refractivity contribution in [2.75, 3.05) is 18.4 Å². The molecule has 1 aromatic carbocycles. The predicted octanol–water partition coefficient (Wildman–Crippen LogP) is 3.24. The Hall–Kier alpha value is -0.300. The van der Waals surface area contributed by atoms with Crippen LogP contribution >= 0.6 is 38.5 Å². The number of nitrogens with one attached hydrogen (secondary N) is 2. The number of carbonyl (C=O) groups excluding carboxylic acids is 1. The van der Waals surface area contributed by atoms with E-state index in [0.717, 1.165) is 13.7 Å². The summed E-state index contributed by atoms with van der Waals surface area (Å²) < 4.78 is 2.10. The summed E-state index contributed by atoms with van der Waals surface area (Å²) in [6.45, 7) is 5.16. The van der Waals surface area contributed by atoms with E-state index in [4.69, 9.17) is 0 Å². The monoisotopic (exact) mass is 410 g/mol. The SMILES string of the molecule is CC(C)CNC(=O)CNc1cc(I)ccc1Br. The van der Waals surface area contributed by atoms with Gasteiger partial charge < -0.3 is 10.6 Å². The molecule has 0 bridgehead atoms. The molecule has 0 saturated heterocycles. The third kappa shape index (κ3) is 5.72. The fourth-order valence-electron chi connectivity index (χ4n) is 1.19. The minimum Gasteiger partial charge on any atom is -0.375 e. The van der Waals surface area contributed by atoms with Crippen LogP contribution in [0.5, 0.6) is 0 Å². The lowest BCUT2D eigenvalue weighted by atomic mass is 10.2. The van der Waals surface area contributed by atoms with E-state index in [0.29, 0.717) is 19.0 Å². The van der Waals surface area contributed by atoms with Crippen molar-refractivity contribution in [3.8, 4) is 0 Å². The zero-order chi connectivity index (χ0) is 12.8. The lowest BCUT2D eigenvalue weighted by Gasteiger charge is -2.10. The molecule has 2 N–H and O–H groups in total. The number of anilines is 1. The first-order valence-corrected chi connectivity index (χ1v) is 7.32. The van der Waals surface area contributed by atoms with Crippen LogP contribution in [0.2, 0.25) is 0 Å². The van der Waals surface area contributed by atoms with Crippen molar-refractivity contribution < 1.29 is 4.79 Å². The van der Waals surface area contributed by atoms with E-state index >= 15 is 0 Å². The second-order valence-electron chi connectivity index (χ2n) is 4.18. The van der Waals surface area contributed by atoms with Gasteiger partial charge in [0.2, 0.25) is 5.91 Å². The Bertz CT molecular complexity index is 396. The van der Waals surface area contributed by atoms with Gasteiger partial charge in [-0.1, -0.05) is 13.8 Å². The smallest absolute Gasteiger partial charge is 0.239 e. The second kappa shape index (κ2) is 7.20. The molecule has 0 aliphatic heterocycles. The molecule has 0 aliphatic rings. The van der Waals surface area contributed by atoms with Gasteiger partial charge in [0, 0.05) is 20.3 Å². The predicted molar refractivity (Wildman–Crippen MR) is 83.2 cm³/mol. The molecular formula is C12H16BrIN2O. The molecule has 1 amide bonds. The van der Waals surface area contributed by atoms with Gasteiger partial charge in [-0.3, -0.25) is 4.79 Å². The number of hydrogen-bond acceptors (Lipinski definition) is 2. The Labute approximate surface area is 124 Å². The molecule has 0 fully saturated rings. The minimum atomic E-state index is 0.0180. The van der Waals surface area contributed by atoms with Crippen molar-refractivity contribution in [3.05, 3.63) is 26.2 Å². The maximum absolute atomic E-state index is 11.5. The molecule has 3 nitrogen and oxygen atoms in total. The Morgan fingerprint density at radius 3 is 2.82 bits per heavy atom. The van der Waals surface area contributed by atoms with E-state index in [-0.39, 0.29) is 5.91 Å². The Morgan fingerprint density at radius 1 is 1.47 bits per heavy atom. The molecule has 1 rings (SSSR count). The van der Waals surface area contributed by atoms with E-state index < -0.39 is 0 Å². The van der Waals surface area contributed by atoms with Crippen molar-refractivity contribution in [3.63, 3.8) is 0 Å². The van der Waals surface area contributed by atoms with Crippen molar-refractivity contribution in [1.82, 2.24) is 5.32 Å². The topological polar surface area (TPSA) is 41.1 Å². The van der Waals surface area contributed by atoms with Crippen molar-refractivity contribution >= 4 is 50.1 Å². The average molecular weight is 411 g/mol. The van der Waals surface area contributed by atoms with Gasteiger partial charge in [0.15, 0.2) is 0 Å². The van der Waals surface area contributed by atoms with E-state index in [9.17, 15) is 4.79 Å². The van der Waals surface area contributed by atoms with Crippen LogP contribution in [0.25, 0.3) is 0 Å². The fourth-order valence-corrected chi connectivity index (χ4v) is 2.07. The maximum atomic E-state index is 11.5. The molecule has 0 unspecified atom stereocenters. The van der Waals surface area contributed by atoms with Crippen molar-refractivity contribution in [2.24, 2.45) is 5.92 Å². The molecule has 0 atom stereocenters. The number of amides is 1. The van der Waals surface area contributed by atoms with Gasteiger partial charge in [-0.25, -0.2) is 0 Å². The van der Waals surface area contributed by atoms with Gasteiger partial charge in [0.25, 0.3) is 0 Å². The van der Waals surface area contributed by atoms with Gasteiger partial charge in [0.1, 0.15) is 0 Å². The highest BCUT2D eigenvalue weighted by Gasteiger charge is 2.04. The first-order valence-electron chi connectivity index (χ1n) is 5.44. The highest BCUT2D eigenvalue weighted by molar-refractivity contribution is 14.1. The number of halogens is 2. The Morgan fingerprint density at radius 2 is 2.18 bits per heavy atom. The molecule has 0 aliphatic carbocycles. The second-order valence-corrected chi connectivity index (χ2v) is 6.28. The summed E-state index contributed by atoms with van der Waals surface area (Å²) >= 11 is 5.69. The number of benzene rings is 1. The van der Waals surface area contributed by atoms with Gasteiger partial charge in [-0.2, -0.15) is 0 Å². The van der Waals surface area contributed by atoms with Gasteiger partial charge in [0.05, 0.1) is 6.54 Å². The van der Waals surface area contributed by atoms with Crippen LogP contribution in [0.1, 0.15) is 13.8 Å². The molecule has 0 radical (unpaired) electrons. The first-order chi connectivity index (χ1) is 7.99. The van der Waals surface area contributed by atoms with Gasteiger partial charge >= 0.3 is 0 Å². The van der Waals surface area contributed by atoms with Crippen molar-refractivity contribution in [2.45, 2.75) is 13.8 Å². The highest BCUT2D eigenvalue weighted by Crippen LogP contribution is 2.23. The summed E-state index contributed by atoms with van der Waals surface area (Å²) in [5.74, 6) is 0.493. The molecular weight excluding hydrogens is 395 g/mol. The van der Waals surface area contributed by atoms with Crippen LogP contribution in [0, 0.1) is 9.49 Å². The van der Waals surface area contributed by atoms with E-state index in [2.05, 4.69) is 63.0 Å². The lowest BCUT2D eigenvalue weighted by molar-refractivity contribution is -0.119. The van der Waals surface area contributed by atoms with Gasteiger partial charge in [-0.15, -0.1) is 0 Å².